The first-order chi connectivity index (χ1) is 12.3. The van der Waals surface area contributed by atoms with Gasteiger partial charge in [0, 0.05) is 24.2 Å². The second-order valence-corrected chi connectivity index (χ2v) is 5.84. The highest BCUT2D eigenvalue weighted by molar-refractivity contribution is 5.95. The van der Waals surface area contributed by atoms with E-state index in [1.807, 2.05) is 54.6 Å². The summed E-state index contributed by atoms with van der Waals surface area (Å²) in [4.78, 5) is 14.6. The van der Waals surface area contributed by atoms with Gasteiger partial charge in [0.15, 0.2) is 0 Å². The summed E-state index contributed by atoms with van der Waals surface area (Å²) in [7, 11) is 0. The maximum Gasteiger partial charge on any atom is 0.253 e. The number of hydrogen-bond donors (Lipinski definition) is 1. The van der Waals surface area contributed by atoms with Crippen LogP contribution in [0.5, 0.6) is 0 Å². The molecule has 0 unspecified atom stereocenters. The van der Waals surface area contributed by atoms with Gasteiger partial charge in [-0.05, 0) is 35.7 Å². The van der Waals surface area contributed by atoms with Gasteiger partial charge < -0.3 is 14.4 Å². The Bertz CT molecular complexity index is 797. The van der Waals surface area contributed by atoms with Crippen LogP contribution < -0.4 is 0 Å². The van der Waals surface area contributed by atoms with Crippen molar-refractivity contribution in [1.82, 2.24) is 4.90 Å². The molecule has 0 atom stereocenters. The van der Waals surface area contributed by atoms with Crippen molar-refractivity contribution in [3.8, 4) is 11.1 Å². The van der Waals surface area contributed by atoms with Crippen molar-refractivity contribution >= 4 is 5.91 Å². The van der Waals surface area contributed by atoms with Crippen LogP contribution in [0.25, 0.3) is 11.1 Å². The normalized spacial score (nSPS) is 10.6. The van der Waals surface area contributed by atoms with Gasteiger partial charge in [-0.3, -0.25) is 4.79 Å². The number of aliphatic hydroxyl groups is 1. The largest absolute Gasteiger partial charge is 0.472 e. The molecule has 4 nitrogen and oxygen atoms in total. The van der Waals surface area contributed by atoms with E-state index in [1.165, 1.54) is 5.56 Å². The summed E-state index contributed by atoms with van der Waals surface area (Å²) in [6, 6.07) is 19.4. The van der Waals surface area contributed by atoms with Crippen molar-refractivity contribution in [3.63, 3.8) is 0 Å². The molecule has 0 fully saturated rings. The Kier molecular flexibility index (Phi) is 5.65. The SMILES string of the molecule is O=C(c1cccc(-c2ccoc2)c1)N(CCO)CCc1ccccc1. The second kappa shape index (κ2) is 8.31. The Hall–Kier alpha value is -2.85. The standard InChI is InChI=1S/C21H21NO3/c23-13-12-22(11-9-17-5-2-1-3-6-17)21(24)19-8-4-7-18(15-19)20-10-14-25-16-20/h1-8,10,14-16,23H,9,11-13H2. The molecule has 0 aliphatic heterocycles. The summed E-state index contributed by atoms with van der Waals surface area (Å²) in [6.45, 7) is 0.836. The topological polar surface area (TPSA) is 53.7 Å². The Balaban J connectivity index is 1.75. The van der Waals surface area contributed by atoms with Crippen LogP contribution in [0.1, 0.15) is 15.9 Å². The number of amides is 1. The molecule has 0 aliphatic rings. The van der Waals surface area contributed by atoms with Gasteiger partial charge in [-0.1, -0.05) is 42.5 Å². The fourth-order valence-corrected chi connectivity index (χ4v) is 2.79. The van der Waals surface area contributed by atoms with Crippen molar-refractivity contribution < 1.29 is 14.3 Å². The van der Waals surface area contributed by atoms with E-state index in [0.29, 0.717) is 18.7 Å². The van der Waals surface area contributed by atoms with E-state index >= 15 is 0 Å². The average molecular weight is 335 g/mol. The molecule has 0 saturated heterocycles. The van der Waals surface area contributed by atoms with Crippen molar-refractivity contribution in [2.45, 2.75) is 6.42 Å². The monoisotopic (exact) mass is 335 g/mol. The van der Waals surface area contributed by atoms with Gasteiger partial charge in [-0.2, -0.15) is 0 Å². The van der Waals surface area contributed by atoms with Crippen LogP contribution >= 0.6 is 0 Å². The number of carbonyl (C=O) groups is 1. The molecule has 4 heteroatoms. The maximum atomic E-state index is 12.9. The van der Waals surface area contributed by atoms with Crippen LogP contribution in [-0.4, -0.2) is 35.6 Å². The maximum absolute atomic E-state index is 12.9. The lowest BCUT2D eigenvalue weighted by Gasteiger charge is -2.22. The lowest BCUT2D eigenvalue weighted by molar-refractivity contribution is 0.0724. The molecule has 0 spiro atoms. The molecule has 3 aromatic rings. The van der Waals surface area contributed by atoms with Gasteiger partial charge in [-0.25, -0.2) is 0 Å². The highest BCUT2D eigenvalue weighted by Crippen LogP contribution is 2.21. The summed E-state index contributed by atoms with van der Waals surface area (Å²) < 4.78 is 5.11. The minimum atomic E-state index is -0.0738. The van der Waals surface area contributed by atoms with E-state index < -0.39 is 0 Å². The number of nitrogens with zero attached hydrogens (tertiary/aromatic N) is 1. The van der Waals surface area contributed by atoms with Gasteiger partial charge >= 0.3 is 0 Å². The number of benzene rings is 2. The summed E-state index contributed by atoms with van der Waals surface area (Å²) in [5.41, 5.74) is 3.66. The van der Waals surface area contributed by atoms with Crippen LogP contribution in [0.2, 0.25) is 0 Å². The molecule has 128 valence electrons. The lowest BCUT2D eigenvalue weighted by Crippen LogP contribution is -2.35. The molecule has 2 aromatic carbocycles. The van der Waals surface area contributed by atoms with Gasteiger partial charge in [0.2, 0.25) is 0 Å². The van der Waals surface area contributed by atoms with Crippen LogP contribution in [0.15, 0.2) is 77.6 Å². The highest BCUT2D eigenvalue weighted by atomic mass is 16.3. The van der Waals surface area contributed by atoms with Crippen LogP contribution in [0.4, 0.5) is 0 Å². The zero-order valence-electron chi connectivity index (χ0n) is 14.0. The molecular weight excluding hydrogens is 314 g/mol. The number of rotatable bonds is 7. The zero-order valence-corrected chi connectivity index (χ0v) is 14.0. The molecular formula is C21H21NO3. The third-order valence-electron chi connectivity index (χ3n) is 4.13. The van der Waals surface area contributed by atoms with E-state index in [1.54, 1.807) is 23.5 Å². The van der Waals surface area contributed by atoms with Crippen molar-refractivity contribution in [2.24, 2.45) is 0 Å². The molecule has 1 N–H and O–H groups in total. The number of hydrogen-bond acceptors (Lipinski definition) is 3. The first-order valence-electron chi connectivity index (χ1n) is 8.34. The number of furan rings is 1. The average Bonchev–Trinajstić information content (AvgIpc) is 3.20. The van der Waals surface area contributed by atoms with E-state index in [9.17, 15) is 9.90 Å². The Morgan fingerprint density at radius 1 is 0.960 bits per heavy atom. The van der Waals surface area contributed by atoms with E-state index in [2.05, 4.69) is 0 Å². The fourth-order valence-electron chi connectivity index (χ4n) is 2.79. The first kappa shape index (κ1) is 17.0. The van der Waals surface area contributed by atoms with Crippen molar-refractivity contribution in [1.29, 1.82) is 0 Å². The molecule has 0 bridgehead atoms. The van der Waals surface area contributed by atoms with Crippen molar-refractivity contribution in [3.05, 3.63) is 84.3 Å². The minimum Gasteiger partial charge on any atom is -0.472 e. The molecule has 1 heterocycles. The van der Waals surface area contributed by atoms with Gasteiger partial charge in [-0.15, -0.1) is 0 Å². The highest BCUT2D eigenvalue weighted by Gasteiger charge is 2.16. The molecule has 0 saturated carbocycles. The molecule has 0 radical (unpaired) electrons. The summed E-state index contributed by atoms with van der Waals surface area (Å²) in [6.07, 6.45) is 4.03. The number of aliphatic hydroxyl groups excluding tert-OH is 1. The van der Waals surface area contributed by atoms with E-state index in [4.69, 9.17) is 4.42 Å². The summed E-state index contributed by atoms with van der Waals surface area (Å²) >= 11 is 0. The molecule has 1 aromatic heterocycles. The first-order valence-corrected chi connectivity index (χ1v) is 8.34. The van der Waals surface area contributed by atoms with E-state index in [-0.39, 0.29) is 12.5 Å². The molecule has 1 amide bonds. The molecule has 0 aliphatic carbocycles. The second-order valence-electron chi connectivity index (χ2n) is 5.84. The van der Waals surface area contributed by atoms with Crippen LogP contribution in [-0.2, 0) is 6.42 Å². The third-order valence-corrected chi connectivity index (χ3v) is 4.13. The Morgan fingerprint density at radius 3 is 2.52 bits per heavy atom. The smallest absolute Gasteiger partial charge is 0.253 e. The lowest BCUT2D eigenvalue weighted by atomic mass is 10.0. The van der Waals surface area contributed by atoms with Crippen LogP contribution in [0.3, 0.4) is 0 Å². The molecule has 3 rings (SSSR count). The minimum absolute atomic E-state index is 0.0536. The van der Waals surface area contributed by atoms with Gasteiger partial charge in [0.1, 0.15) is 0 Å². The quantitative estimate of drug-likeness (QED) is 0.717. The van der Waals surface area contributed by atoms with Gasteiger partial charge in [0.05, 0.1) is 19.1 Å². The zero-order chi connectivity index (χ0) is 17.5. The Morgan fingerprint density at radius 2 is 1.80 bits per heavy atom. The molecule has 25 heavy (non-hydrogen) atoms. The predicted octanol–water partition coefficient (Wildman–Crippen LogP) is 3.62. The predicted molar refractivity (Wildman–Crippen MR) is 97.3 cm³/mol. The van der Waals surface area contributed by atoms with Crippen molar-refractivity contribution in [2.75, 3.05) is 19.7 Å². The van der Waals surface area contributed by atoms with E-state index in [0.717, 1.165) is 17.5 Å². The van der Waals surface area contributed by atoms with Gasteiger partial charge in [0.25, 0.3) is 5.91 Å². The third kappa shape index (κ3) is 4.37. The van der Waals surface area contributed by atoms with Crippen LogP contribution in [0, 0.1) is 0 Å². The number of carbonyl (C=O) groups excluding carboxylic acids is 1. The Labute approximate surface area is 147 Å². The summed E-state index contributed by atoms with van der Waals surface area (Å²) in [5.74, 6) is -0.0738. The summed E-state index contributed by atoms with van der Waals surface area (Å²) in [5, 5.41) is 9.33. The fraction of sp³-hybridized carbons (Fsp3) is 0.190.